The molecule has 2 aromatic carbocycles. The predicted molar refractivity (Wildman–Crippen MR) is 126 cm³/mol. The Labute approximate surface area is 192 Å². The van der Waals surface area contributed by atoms with E-state index in [1.165, 1.54) is 4.90 Å². The van der Waals surface area contributed by atoms with Crippen LogP contribution in [0.25, 0.3) is 0 Å². The van der Waals surface area contributed by atoms with Crippen molar-refractivity contribution in [2.24, 2.45) is 0 Å². The molecule has 1 N–H and O–H groups in total. The zero-order chi connectivity index (χ0) is 23.2. The number of hydrogen-bond donors (Lipinski definition) is 1. The first-order valence-electron chi connectivity index (χ1n) is 9.89. The van der Waals surface area contributed by atoms with E-state index in [0.29, 0.717) is 16.7 Å². The van der Waals surface area contributed by atoms with Crippen molar-refractivity contribution in [1.29, 1.82) is 0 Å². The lowest BCUT2D eigenvalue weighted by Gasteiger charge is -2.31. The lowest BCUT2D eigenvalue weighted by atomic mass is 10.1. The average molecular weight is 510 g/mol. The number of anilines is 1. The third kappa shape index (κ3) is 6.80. The van der Waals surface area contributed by atoms with Gasteiger partial charge in [-0.2, -0.15) is 0 Å². The first kappa shape index (κ1) is 24.9. The van der Waals surface area contributed by atoms with Gasteiger partial charge in [0, 0.05) is 17.6 Å². The number of hydrogen-bond acceptors (Lipinski definition) is 4. The topological polar surface area (TPSA) is 86.8 Å². The number of likely N-dealkylation sites (N-methyl/N-ethyl adjacent to an activating group) is 1. The Morgan fingerprint density at radius 2 is 1.71 bits per heavy atom. The summed E-state index contributed by atoms with van der Waals surface area (Å²) in [6.45, 7) is 5.60. The molecule has 0 saturated heterocycles. The number of sulfonamides is 1. The third-order valence-electron chi connectivity index (χ3n) is 4.79. The molecule has 0 unspecified atom stereocenters. The summed E-state index contributed by atoms with van der Waals surface area (Å²) in [6.07, 6.45) is 1.05. The monoisotopic (exact) mass is 509 g/mol. The van der Waals surface area contributed by atoms with Crippen LogP contribution < -0.4 is 9.62 Å². The summed E-state index contributed by atoms with van der Waals surface area (Å²) in [6, 6.07) is 13.7. The van der Waals surface area contributed by atoms with Crippen molar-refractivity contribution >= 4 is 43.5 Å². The van der Waals surface area contributed by atoms with E-state index in [1.54, 1.807) is 38.1 Å². The second-order valence-corrected chi connectivity index (χ2v) is 10.1. The molecule has 2 rings (SSSR count). The first-order valence-corrected chi connectivity index (χ1v) is 12.5. The molecule has 0 aliphatic carbocycles. The van der Waals surface area contributed by atoms with Gasteiger partial charge in [-0.05, 0) is 54.4 Å². The molecular formula is C22H28BrN3O4S. The Bertz CT molecular complexity index is 1030. The van der Waals surface area contributed by atoms with Gasteiger partial charge in [0.25, 0.3) is 0 Å². The van der Waals surface area contributed by atoms with E-state index in [4.69, 9.17) is 0 Å². The molecule has 168 valence electrons. The highest BCUT2D eigenvalue weighted by Crippen LogP contribution is 2.28. The average Bonchev–Trinajstić information content (AvgIpc) is 2.71. The molecule has 0 saturated carbocycles. The van der Waals surface area contributed by atoms with Crippen LogP contribution in [0, 0.1) is 6.92 Å². The predicted octanol–water partition coefficient (Wildman–Crippen LogP) is 3.08. The second kappa shape index (κ2) is 10.8. The molecule has 31 heavy (non-hydrogen) atoms. The van der Waals surface area contributed by atoms with E-state index >= 15 is 0 Å². The standard InChI is InChI=1S/C22H28BrN3O4S/c1-5-24-22(28)17(3)25(14-18-12-10-16(2)11-13-18)21(27)15-26(31(4,29)30)20-9-7-6-8-19(20)23/h6-13,17H,5,14-15H2,1-4H3,(H,24,28)/t17-/m1/s1. The van der Waals surface area contributed by atoms with Gasteiger partial charge in [0.05, 0.1) is 11.9 Å². The number of halogens is 1. The van der Waals surface area contributed by atoms with Crippen LogP contribution in [0.15, 0.2) is 53.0 Å². The highest BCUT2D eigenvalue weighted by atomic mass is 79.9. The van der Waals surface area contributed by atoms with Gasteiger partial charge in [0.2, 0.25) is 21.8 Å². The number of carbonyl (C=O) groups excluding carboxylic acids is 2. The zero-order valence-electron chi connectivity index (χ0n) is 18.1. The van der Waals surface area contributed by atoms with Gasteiger partial charge in [-0.25, -0.2) is 8.42 Å². The molecule has 1 atom stereocenters. The van der Waals surface area contributed by atoms with E-state index < -0.39 is 28.5 Å². The number of aryl methyl sites for hydroxylation is 1. The van der Waals surface area contributed by atoms with Gasteiger partial charge in [0.15, 0.2) is 0 Å². The SMILES string of the molecule is CCNC(=O)[C@@H](C)N(Cc1ccc(C)cc1)C(=O)CN(c1ccccc1Br)S(C)(=O)=O. The van der Waals surface area contributed by atoms with Crippen LogP contribution in [0.3, 0.4) is 0 Å². The number of nitrogens with zero attached hydrogens (tertiary/aromatic N) is 2. The van der Waals surface area contributed by atoms with Crippen molar-refractivity contribution in [2.45, 2.75) is 33.4 Å². The van der Waals surface area contributed by atoms with E-state index in [-0.39, 0.29) is 12.5 Å². The fourth-order valence-electron chi connectivity index (χ4n) is 3.04. The number of para-hydroxylation sites is 1. The summed E-state index contributed by atoms with van der Waals surface area (Å²) in [5.41, 5.74) is 2.29. The third-order valence-corrected chi connectivity index (χ3v) is 6.59. The van der Waals surface area contributed by atoms with Gasteiger partial charge in [-0.1, -0.05) is 42.0 Å². The smallest absolute Gasteiger partial charge is 0.244 e. The van der Waals surface area contributed by atoms with Crippen LogP contribution in [0.1, 0.15) is 25.0 Å². The van der Waals surface area contributed by atoms with E-state index in [0.717, 1.165) is 21.7 Å². The van der Waals surface area contributed by atoms with Gasteiger partial charge in [-0.15, -0.1) is 0 Å². The number of benzene rings is 2. The molecular weight excluding hydrogens is 482 g/mol. The highest BCUT2D eigenvalue weighted by Gasteiger charge is 2.30. The van der Waals surface area contributed by atoms with Crippen molar-refractivity contribution in [3.05, 3.63) is 64.1 Å². The minimum atomic E-state index is -3.75. The molecule has 7 nitrogen and oxygen atoms in total. The van der Waals surface area contributed by atoms with Crippen LogP contribution >= 0.6 is 15.9 Å². The Kier molecular flexibility index (Phi) is 8.64. The maximum atomic E-state index is 13.3. The molecule has 9 heteroatoms. The van der Waals surface area contributed by atoms with Crippen LogP contribution in [0.4, 0.5) is 5.69 Å². The lowest BCUT2D eigenvalue weighted by Crippen LogP contribution is -2.51. The van der Waals surface area contributed by atoms with Crippen LogP contribution in [0.5, 0.6) is 0 Å². The molecule has 0 spiro atoms. The Morgan fingerprint density at radius 3 is 2.26 bits per heavy atom. The van der Waals surface area contributed by atoms with E-state index in [9.17, 15) is 18.0 Å². The fraction of sp³-hybridized carbons (Fsp3) is 0.364. The minimum Gasteiger partial charge on any atom is -0.355 e. The highest BCUT2D eigenvalue weighted by molar-refractivity contribution is 9.10. The number of amides is 2. The van der Waals surface area contributed by atoms with Crippen molar-refractivity contribution in [1.82, 2.24) is 10.2 Å². The van der Waals surface area contributed by atoms with Crippen molar-refractivity contribution in [3.63, 3.8) is 0 Å². The van der Waals surface area contributed by atoms with Crippen molar-refractivity contribution < 1.29 is 18.0 Å². The summed E-state index contributed by atoms with van der Waals surface area (Å²) in [5, 5.41) is 2.73. The van der Waals surface area contributed by atoms with Crippen LogP contribution in [-0.4, -0.2) is 50.5 Å². The lowest BCUT2D eigenvalue weighted by molar-refractivity contribution is -0.139. The minimum absolute atomic E-state index is 0.185. The maximum Gasteiger partial charge on any atom is 0.244 e. The summed E-state index contributed by atoms with van der Waals surface area (Å²) in [4.78, 5) is 27.2. The Balaban J connectivity index is 2.38. The molecule has 2 aromatic rings. The van der Waals surface area contributed by atoms with Crippen molar-refractivity contribution in [2.75, 3.05) is 23.7 Å². The van der Waals surface area contributed by atoms with Crippen molar-refractivity contribution in [3.8, 4) is 0 Å². The van der Waals surface area contributed by atoms with Crippen LogP contribution in [-0.2, 0) is 26.2 Å². The van der Waals surface area contributed by atoms with E-state index in [2.05, 4.69) is 21.2 Å². The van der Waals surface area contributed by atoms with Gasteiger partial charge >= 0.3 is 0 Å². The normalized spacial score (nSPS) is 12.2. The van der Waals surface area contributed by atoms with Gasteiger partial charge < -0.3 is 10.2 Å². The molecule has 0 fully saturated rings. The summed E-state index contributed by atoms with van der Waals surface area (Å²) in [5.74, 6) is -0.768. The maximum absolute atomic E-state index is 13.3. The number of nitrogens with one attached hydrogen (secondary N) is 1. The van der Waals surface area contributed by atoms with E-state index in [1.807, 2.05) is 31.2 Å². The molecule has 0 aliphatic rings. The molecule has 0 radical (unpaired) electrons. The van der Waals surface area contributed by atoms with Gasteiger partial charge in [0.1, 0.15) is 12.6 Å². The second-order valence-electron chi connectivity index (χ2n) is 7.30. The van der Waals surface area contributed by atoms with Gasteiger partial charge in [-0.3, -0.25) is 13.9 Å². The quantitative estimate of drug-likeness (QED) is 0.562. The molecule has 0 bridgehead atoms. The number of carbonyl (C=O) groups is 2. The van der Waals surface area contributed by atoms with Crippen LogP contribution in [0.2, 0.25) is 0 Å². The summed E-state index contributed by atoms with van der Waals surface area (Å²) in [7, 11) is -3.75. The first-order chi connectivity index (χ1) is 14.5. The molecule has 0 heterocycles. The molecule has 2 amide bonds. The summed E-state index contributed by atoms with van der Waals surface area (Å²) >= 11 is 3.35. The zero-order valence-corrected chi connectivity index (χ0v) is 20.5. The molecule has 0 aromatic heterocycles. The number of rotatable bonds is 9. The largest absolute Gasteiger partial charge is 0.355 e. The summed E-state index contributed by atoms with van der Waals surface area (Å²) < 4.78 is 26.6. The fourth-order valence-corrected chi connectivity index (χ4v) is 4.52. The Hall–Kier alpha value is -2.39. The Morgan fingerprint density at radius 1 is 1.10 bits per heavy atom. The molecule has 0 aliphatic heterocycles.